The predicted molar refractivity (Wildman–Crippen MR) is 71.8 cm³/mol. The highest BCUT2D eigenvalue weighted by Gasteiger charge is 2.33. The van der Waals surface area contributed by atoms with Crippen LogP contribution in [0.2, 0.25) is 0 Å². The summed E-state index contributed by atoms with van der Waals surface area (Å²) in [6.07, 6.45) is 3.82. The van der Waals surface area contributed by atoms with Gasteiger partial charge in [0.25, 0.3) is 0 Å². The summed E-state index contributed by atoms with van der Waals surface area (Å²) >= 11 is 0. The molecule has 1 aliphatic rings. The van der Waals surface area contributed by atoms with E-state index >= 15 is 0 Å². The number of hydrogen-bond acceptors (Lipinski definition) is 6. The molecule has 1 heterocycles. The molecule has 0 aliphatic heterocycles. The van der Waals surface area contributed by atoms with Crippen LogP contribution in [0.15, 0.2) is 6.07 Å². The quantitative estimate of drug-likeness (QED) is 0.865. The molecule has 2 rings (SSSR count). The van der Waals surface area contributed by atoms with E-state index in [1.165, 1.54) is 0 Å². The number of anilines is 1. The number of nitrogens with zero attached hydrogens (tertiary/aromatic N) is 3. The van der Waals surface area contributed by atoms with E-state index < -0.39 is 5.60 Å². The summed E-state index contributed by atoms with van der Waals surface area (Å²) < 4.78 is 10.2. The first-order valence-electron chi connectivity index (χ1n) is 6.47. The van der Waals surface area contributed by atoms with Gasteiger partial charge in [0, 0.05) is 13.6 Å². The molecule has 0 bridgehead atoms. The highest BCUT2D eigenvalue weighted by atomic mass is 16.5. The summed E-state index contributed by atoms with van der Waals surface area (Å²) in [5.74, 6) is 1.40. The van der Waals surface area contributed by atoms with Gasteiger partial charge in [0.2, 0.25) is 17.7 Å². The summed E-state index contributed by atoms with van der Waals surface area (Å²) in [7, 11) is 4.97. The van der Waals surface area contributed by atoms with E-state index in [1.54, 1.807) is 20.3 Å². The van der Waals surface area contributed by atoms with Gasteiger partial charge in [0.05, 0.1) is 25.9 Å². The standard InChI is InChI=1S/C13H21N3O3/c1-16(9-13(17)6-4-5-7-13)12-14-10(18-2)8-11(15-12)19-3/h8,17H,4-7,9H2,1-3H3. The molecule has 19 heavy (non-hydrogen) atoms. The van der Waals surface area contributed by atoms with E-state index in [1.807, 2.05) is 11.9 Å². The van der Waals surface area contributed by atoms with Crippen LogP contribution < -0.4 is 14.4 Å². The first kappa shape index (κ1) is 13.9. The first-order valence-corrected chi connectivity index (χ1v) is 6.47. The Kier molecular flexibility index (Phi) is 4.09. The molecule has 1 aromatic heterocycles. The minimum Gasteiger partial charge on any atom is -0.481 e. The van der Waals surface area contributed by atoms with Gasteiger partial charge in [-0.3, -0.25) is 0 Å². The molecule has 106 valence electrons. The van der Waals surface area contributed by atoms with E-state index in [-0.39, 0.29) is 0 Å². The molecule has 1 N–H and O–H groups in total. The molecule has 6 nitrogen and oxygen atoms in total. The predicted octanol–water partition coefficient (Wildman–Crippen LogP) is 1.24. The van der Waals surface area contributed by atoms with Gasteiger partial charge in [-0.1, -0.05) is 12.8 Å². The van der Waals surface area contributed by atoms with Crippen molar-refractivity contribution in [1.29, 1.82) is 0 Å². The largest absolute Gasteiger partial charge is 0.481 e. The van der Waals surface area contributed by atoms with E-state index in [0.717, 1.165) is 25.7 Å². The number of ether oxygens (including phenoxy) is 2. The SMILES string of the molecule is COc1cc(OC)nc(N(C)CC2(O)CCCC2)n1. The van der Waals surface area contributed by atoms with Crippen molar-refractivity contribution in [2.45, 2.75) is 31.3 Å². The van der Waals surface area contributed by atoms with Crippen LogP contribution in [0.3, 0.4) is 0 Å². The average Bonchev–Trinajstić information content (AvgIpc) is 2.84. The van der Waals surface area contributed by atoms with Crippen LogP contribution in [0, 0.1) is 0 Å². The lowest BCUT2D eigenvalue weighted by atomic mass is 10.0. The summed E-state index contributed by atoms with van der Waals surface area (Å²) in [6.45, 7) is 0.517. The van der Waals surface area contributed by atoms with Crippen molar-refractivity contribution in [3.63, 3.8) is 0 Å². The van der Waals surface area contributed by atoms with E-state index in [2.05, 4.69) is 9.97 Å². The van der Waals surface area contributed by atoms with Crippen molar-refractivity contribution in [3.8, 4) is 11.8 Å². The third-order valence-corrected chi connectivity index (χ3v) is 3.49. The fourth-order valence-electron chi connectivity index (χ4n) is 2.48. The second-order valence-corrected chi connectivity index (χ2v) is 5.04. The monoisotopic (exact) mass is 267 g/mol. The summed E-state index contributed by atoms with van der Waals surface area (Å²) in [5, 5.41) is 10.4. The average molecular weight is 267 g/mol. The lowest BCUT2D eigenvalue weighted by Gasteiger charge is -2.28. The van der Waals surface area contributed by atoms with Crippen molar-refractivity contribution in [2.24, 2.45) is 0 Å². The Hall–Kier alpha value is -1.56. The van der Waals surface area contributed by atoms with Crippen LogP contribution in [0.1, 0.15) is 25.7 Å². The molecule has 0 radical (unpaired) electrons. The topological polar surface area (TPSA) is 67.7 Å². The lowest BCUT2D eigenvalue weighted by Crippen LogP contribution is -2.39. The highest BCUT2D eigenvalue weighted by molar-refractivity contribution is 5.36. The number of hydrogen-bond donors (Lipinski definition) is 1. The second kappa shape index (κ2) is 5.61. The number of aliphatic hydroxyl groups is 1. The molecule has 1 saturated carbocycles. The molecule has 0 aromatic carbocycles. The Morgan fingerprint density at radius 1 is 1.21 bits per heavy atom. The molecule has 0 saturated heterocycles. The van der Waals surface area contributed by atoms with Crippen molar-refractivity contribution in [2.75, 3.05) is 32.7 Å². The molecular weight excluding hydrogens is 246 g/mol. The number of methoxy groups -OCH3 is 2. The van der Waals surface area contributed by atoms with Gasteiger partial charge < -0.3 is 19.5 Å². The van der Waals surface area contributed by atoms with Crippen LogP contribution in [0.4, 0.5) is 5.95 Å². The van der Waals surface area contributed by atoms with E-state index in [0.29, 0.717) is 24.3 Å². The van der Waals surface area contributed by atoms with Crippen molar-refractivity contribution in [1.82, 2.24) is 9.97 Å². The highest BCUT2D eigenvalue weighted by Crippen LogP contribution is 2.31. The molecule has 0 amide bonds. The maximum atomic E-state index is 10.4. The summed E-state index contributed by atoms with van der Waals surface area (Å²) in [5.41, 5.74) is -0.631. The molecule has 1 aromatic rings. The zero-order valence-corrected chi connectivity index (χ0v) is 11.7. The van der Waals surface area contributed by atoms with Crippen LogP contribution in [0.5, 0.6) is 11.8 Å². The zero-order valence-electron chi connectivity index (χ0n) is 11.7. The Bertz CT molecular complexity index is 411. The third-order valence-electron chi connectivity index (χ3n) is 3.49. The molecular formula is C13H21N3O3. The Labute approximate surface area is 113 Å². The van der Waals surface area contributed by atoms with E-state index in [4.69, 9.17) is 9.47 Å². The number of aromatic nitrogens is 2. The fourth-order valence-corrected chi connectivity index (χ4v) is 2.48. The van der Waals surface area contributed by atoms with Crippen molar-refractivity contribution < 1.29 is 14.6 Å². The minimum absolute atomic E-state index is 0.451. The van der Waals surface area contributed by atoms with E-state index in [9.17, 15) is 5.11 Å². The molecule has 0 atom stereocenters. The van der Waals surface area contributed by atoms with Crippen LogP contribution in [-0.2, 0) is 0 Å². The van der Waals surface area contributed by atoms with Gasteiger partial charge in [0.15, 0.2) is 0 Å². The maximum absolute atomic E-state index is 10.4. The molecule has 1 aliphatic carbocycles. The van der Waals surface area contributed by atoms with Crippen molar-refractivity contribution in [3.05, 3.63) is 6.07 Å². The molecule has 1 fully saturated rings. The lowest BCUT2D eigenvalue weighted by molar-refractivity contribution is 0.0556. The maximum Gasteiger partial charge on any atom is 0.231 e. The molecule has 6 heteroatoms. The molecule has 0 spiro atoms. The van der Waals surface area contributed by atoms with Gasteiger partial charge in [-0.2, -0.15) is 9.97 Å². The number of rotatable bonds is 5. The third kappa shape index (κ3) is 3.26. The van der Waals surface area contributed by atoms with Gasteiger partial charge in [-0.05, 0) is 12.8 Å². The summed E-state index contributed by atoms with van der Waals surface area (Å²) in [6, 6.07) is 1.63. The summed E-state index contributed by atoms with van der Waals surface area (Å²) in [4.78, 5) is 10.4. The zero-order chi connectivity index (χ0) is 13.9. The van der Waals surface area contributed by atoms with Gasteiger partial charge >= 0.3 is 0 Å². The second-order valence-electron chi connectivity index (χ2n) is 5.04. The van der Waals surface area contributed by atoms with Crippen LogP contribution in [-0.4, -0.2) is 48.5 Å². The Balaban J connectivity index is 2.15. The Morgan fingerprint density at radius 2 is 1.74 bits per heavy atom. The first-order chi connectivity index (χ1) is 9.06. The van der Waals surface area contributed by atoms with Gasteiger partial charge in [-0.25, -0.2) is 0 Å². The minimum atomic E-state index is -0.631. The van der Waals surface area contributed by atoms with Crippen LogP contribution in [0.25, 0.3) is 0 Å². The van der Waals surface area contributed by atoms with Gasteiger partial charge in [-0.15, -0.1) is 0 Å². The van der Waals surface area contributed by atoms with Gasteiger partial charge in [0.1, 0.15) is 0 Å². The normalized spacial score (nSPS) is 17.3. The fraction of sp³-hybridized carbons (Fsp3) is 0.692. The van der Waals surface area contributed by atoms with Crippen molar-refractivity contribution >= 4 is 5.95 Å². The Morgan fingerprint density at radius 3 is 2.21 bits per heavy atom. The molecule has 0 unspecified atom stereocenters. The number of likely N-dealkylation sites (N-methyl/N-ethyl adjacent to an activating group) is 1. The smallest absolute Gasteiger partial charge is 0.231 e. The van der Waals surface area contributed by atoms with Crippen LogP contribution >= 0.6 is 0 Å².